The molecule has 1 heterocycles. The molecule has 2 unspecified atom stereocenters. The first-order valence-corrected chi connectivity index (χ1v) is 10.9. The van der Waals surface area contributed by atoms with Crippen LogP contribution in [-0.2, 0) is 15.6 Å². The van der Waals surface area contributed by atoms with Crippen molar-refractivity contribution in [3.8, 4) is 0 Å². The highest BCUT2D eigenvalue weighted by Gasteiger charge is 2.26. The van der Waals surface area contributed by atoms with Crippen molar-refractivity contribution in [1.29, 1.82) is 0 Å². The Morgan fingerprint density at radius 3 is 2.44 bits per heavy atom. The van der Waals surface area contributed by atoms with Crippen LogP contribution in [0.25, 0.3) is 0 Å². The van der Waals surface area contributed by atoms with Gasteiger partial charge < -0.3 is 10.6 Å². The van der Waals surface area contributed by atoms with Gasteiger partial charge in [0.2, 0.25) is 0 Å². The quantitative estimate of drug-likeness (QED) is 0.857. The van der Waals surface area contributed by atoms with Crippen LogP contribution in [-0.4, -0.2) is 38.4 Å². The van der Waals surface area contributed by atoms with Gasteiger partial charge in [0, 0.05) is 24.7 Å². The summed E-state index contributed by atoms with van der Waals surface area (Å²) in [5.41, 5.74) is 7.25. The number of carbonyl (C=O) groups is 1. The second kappa shape index (κ2) is 8.23. The average molecular weight is 387 g/mol. The lowest BCUT2D eigenvalue weighted by atomic mass is 9.92. The average Bonchev–Trinajstić information content (AvgIpc) is 2.68. The molecule has 0 saturated carbocycles. The molecule has 144 valence electrons. The summed E-state index contributed by atoms with van der Waals surface area (Å²) in [6.07, 6.45) is 1.99. The number of likely N-dealkylation sites (tertiary alicyclic amines) is 1. The number of benzene rings is 2. The Bertz CT molecular complexity index is 877. The predicted octanol–water partition coefficient (Wildman–Crippen LogP) is 2.86. The van der Waals surface area contributed by atoms with Gasteiger partial charge in [-0.2, -0.15) is 0 Å². The standard InChI is InChI=1S/C21H26N2O3S/c1-16(22)19-8-5-13-23(14-19)21(24)18-9-11-20(12-10-18)27(25,26)15-17-6-3-2-4-7-17/h2-4,6-7,9-12,16,19H,5,8,13-15,22H2,1H3. The maximum Gasteiger partial charge on any atom is 0.253 e. The SMILES string of the molecule is CC(N)C1CCCN(C(=O)c2ccc(S(=O)(=O)Cc3ccccc3)cc2)C1. The highest BCUT2D eigenvalue weighted by Crippen LogP contribution is 2.22. The summed E-state index contributed by atoms with van der Waals surface area (Å²) >= 11 is 0. The van der Waals surface area contributed by atoms with Crippen LogP contribution in [0.5, 0.6) is 0 Å². The van der Waals surface area contributed by atoms with Gasteiger partial charge >= 0.3 is 0 Å². The van der Waals surface area contributed by atoms with Crippen molar-refractivity contribution in [2.24, 2.45) is 11.7 Å². The topological polar surface area (TPSA) is 80.5 Å². The largest absolute Gasteiger partial charge is 0.338 e. The fourth-order valence-corrected chi connectivity index (χ4v) is 4.84. The molecule has 2 aromatic rings. The Labute approximate surface area is 161 Å². The number of carbonyl (C=O) groups excluding carboxylic acids is 1. The zero-order valence-corrected chi connectivity index (χ0v) is 16.4. The van der Waals surface area contributed by atoms with Crippen LogP contribution in [0.3, 0.4) is 0 Å². The molecule has 0 radical (unpaired) electrons. The van der Waals surface area contributed by atoms with E-state index in [0.29, 0.717) is 18.0 Å². The van der Waals surface area contributed by atoms with E-state index in [1.165, 1.54) is 12.1 Å². The summed E-state index contributed by atoms with van der Waals surface area (Å²) in [4.78, 5) is 14.8. The number of piperidine rings is 1. The van der Waals surface area contributed by atoms with Crippen LogP contribution in [0.4, 0.5) is 0 Å². The molecule has 2 atom stereocenters. The van der Waals surface area contributed by atoms with Crippen molar-refractivity contribution in [1.82, 2.24) is 4.90 Å². The van der Waals surface area contributed by atoms with E-state index >= 15 is 0 Å². The van der Waals surface area contributed by atoms with E-state index in [4.69, 9.17) is 5.73 Å². The Morgan fingerprint density at radius 1 is 1.15 bits per heavy atom. The molecule has 1 saturated heterocycles. The van der Waals surface area contributed by atoms with Crippen LogP contribution in [0.15, 0.2) is 59.5 Å². The number of amides is 1. The van der Waals surface area contributed by atoms with Crippen molar-refractivity contribution >= 4 is 15.7 Å². The monoisotopic (exact) mass is 386 g/mol. The fraction of sp³-hybridized carbons (Fsp3) is 0.381. The molecular formula is C21H26N2O3S. The van der Waals surface area contributed by atoms with Crippen LogP contribution < -0.4 is 5.73 Å². The number of rotatable bonds is 5. The van der Waals surface area contributed by atoms with Gasteiger partial charge in [-0.25, -0.2) is 8.42 Å². The predicted molar refractivity (Wildman–Crippen MR) is 106 cm³/mol. The fourth-order valence-electron chi connectivity index (χ4n) is 3.49. The molecule has 3 rings (SSSR count). The Balaban J connectivity index is 1.72. The highest BCUT2D eigenvalue weighted by molar-refractivity contribution is 7.90. The maximum absolute atomic E-state index is 12.8. The van der Waals surface area contributed by atoms with Gasteiger partial charge in [0.25, 0.3) is 5.91 Å². The summed E-state index contributed by atoms with van der Waals surface area (Å²) in [5.74, 6) is 0.198. The van der Waals surface area contributed by atoms with Gasteiger partial charge in [0.05, 0.1) is 10.6 Å². The Kier molecular flexibility index (Phi) is 5.97. The molecule has 0 aliphatic carbocycles. The first kappa shape index (κ1) is 19.6. The third-order valence-electron chi connectivity index (χ3n) is 5.15. The molecule has 0 bridgehead atoms. The summed E-state index contributed by atoms with van der Waals surface area (Å²) in [5, 5.41) is 0. The van der Waals surface area contributed by atoms with Crippen LogP contribution >= 0.6 is 0 Å². The number of hydrogen-bond acceptors (Lipinski definition) is 4. The zero-order chi connectivity index (χ0) is 19.4. The number of hydrogen-bond donors (Lipinski definition) is 1. The Hall–Kier alpha value is -2.18. The summed E-state index contributed by atoms with van der Waals surface area (Å²) < 4.78 is 25.2. The van der Waals surface area contributed by atoms with E-state index in [1.54, 1.807) is 24.3 Å². The number of nitrogens with two attached hydrogens (primary N) is 1. The lowest BCUT2D eigenvalue weighted by Crippen LogP contribution is -2.45. The van der Waals surface area contributed by atoms with Crippen LogP contribution in [0, 0.1) is 5.92 Å². The lowest BCUT2D eigenvalue weighted by Gasteiger charge is -2.34. The lowest BCUT2D eigenvalue weighted by molar-refractivity contribution is 0.0661. The van der Waals surface area contributed by atoms with Crippen molar-refractivity contribution in [2.45, 2.75) is 36.5 Å². The summed E-state index contributed by atoms with van der Waals surface area (Å²) in [6.45, 7) is 3.35. The molecule has 27 heavy (non-hydrogen) atoms. The number of sulfone groups is 1. The minimum atomic E-state index is -3.44. The van der Waals surface area contributed by atoms with Gasteiger partial charge in [-0.1, -0.05) is 30.3 Å². The van der Waals surface area contributed by atoms with Gasteiger partial charge in [0.1, 0.15) is 0 Å². The molecule has 1 aliphatic rings. The zero-order valence-electron chi connectivity index (χ0n) is 15.5. The normalized spacial score (nSPS) is 18.9. The molecule has 5 nitrogen and oxygen atoms in total. The molecule has 1 aliphatic heterocycles. The molecule has 1 fully saturated rings. The van der Waals surface area contributed by atoms with Gasteiger partial charge in [-0.3, -0.25) is 4.79 Å². The summed E-state index contributed by atoms with van der Waals surface area (Å²) in [7, 11) is -3.44. The van der Waals surface area contributed by atoms with Crippen molar-refractivity contribution in [3.63, 3.8) is 0 Å². The molecule has 1 amide bonds. The maximum atomic E-state index is 12.8. The minimum absolute atomic E-state index is 0.0523. The molecule has 2 aromatic carbocycles. The van der Waals surface area contributed by atoms with Crippen molar-refractivity contribution in [2.75, 3.05) is 13.1 Å². The third kappa shape index (κ3) is 4.76. The van der Waals surface area contributed by atoms with Crippen LogP contribution in [0.2, 0.25) is 0 Å². The molecule has 0 spiro atoms. The smallest absolute Gasteiger partial charge is 0.253 e. The van der Waals surface area contributed by atoms with Gasteiger partial charge in [-0.15, -0.1) is 0 Å². The van der Waals surface area contributed by atoms with Gasteiger partial charge in [0.15, 0.2) is 9.84 Å². The second-order valence-electron chi connectivity index (χ2n) is 7.28. The molecule has 2 N–H and O–H groups in total. The Morgan fingerprint density at radius 2 is 1.81 bits per heavy atom. The minimum Gasteiger partial charge on any atom is -0.338 e. The van der Waals surface area contributed by atoms with E-state index in [-0.39, 0.29) is 22.6 Å². The van der Waals surface area contributed by atoms with E-state index in [2.05, 4.69) is 0 Å². The molecule has 0 aromatic heterocycles. The second-order valence-corrected chi connectivity index (χ2v) is 9.27. The first-order chi connectivity index (χ1) is 12.9. The van der Waals surface area contributed by atoms with Crippen molar-refractivity contribution < 1.29 is 13.2 Å². The van der Waals surface area contributed by atoms with E-state index in [9.17, 15) is 13.2 Å². The number of nitrogens with zero attached hydrogens (tertiary/aromatic N) is 1. The van der Waals surface area contributed by atoms with Crippen molar-refractivity contribution in [3.05, 3.63) is 65.7 Å². The molecular weight excluding hydrogens is 360 g/mol. The third-order valence-corrected chi connectivity index (χ3v) is 6.85. The molecule has 6 heteroatoms. The van der Waals surface area contributed by atoms with Gasteiger partial charge in [-0.05, 0) is 55.5 Å². The first-order valence-electron chi connectivity index (χ1n) is 9.28. The van der Waals surface area contributed by atoms with E-state index in [1.807, 2.05) is 30.0 Å². The summed E-state index contributed by atoms with van der Waals surface area (Å²) in [6, 6.07) is 15.4. The van der Waals surface area contributed by atoms with E-state index < -0.39 is 9.84 Å². The van der Waals surface area contributed by atoms with E-state index in [0.717, 1.165) is 24.9 Å². The van der Waals surface area contributed by atoms with Crippen LogP contribution in [0.1, 0.15) is 35.7 Å². The highest BCUT2D eigenvalue weighted by atomic mass is 32.2.